The number of benzene rings is 3. The van der Waals surface area contributed by atoms with Crippen molar-refractivity contribution in [1.29, 1.82) is 0 Å². The highest BCUT2D eigenvalue weighted by Gasteiger charge is 2.20. The molecule has 32 heavy (non-hydrogen) atoms. The maximum Gasteiger partial charge on any atom is 0.296 e. The SMILES string of the molecule is Cc1ccc(S(=O)(=O)OCC[C@H](c2ccc(S(C)(=O)=O)cc2)c2cc(F)cc(F)c2)cc1. The molecule has 0 aliphatic rings. The highest BCUT2D eigenvalue weighted by molar-refractivity contribution is 7.90. The predicted octanol–water partition coefficient (Wildman–Crippen LogP) is 4.60. The molecule has 1 atom stereocenters. The van der Waals surface area contributed by atoms with E-state index in [0.29, 0.717) is 5.56 Å². The van der Waals surface area contributed by atoms with Crippen LogP contribution in [-0.4, -0.2) is 29.7 Å². The van der Waals surface area contributed by atoms with Crippen molar-refractivity contribution in [3.05, 3.63) is 95.1 Å². The Morgan fingerprint density at radius 2 is 1.31 bits per heavy atom. The van der Waals surface area contributed by atoms with Crippen LogP contribution in [0, 0.1) is 18.6 Å². The van der Waals surface area contributed by atoms with Crippen LogP contribution in [0.15, 0.2) is 76.5 Å². The van der Waals surface area contributed by atoms with Crippen LogP contribution in [0.25, 0.3) is 0 Å². The molecular weight excluding hydrogens is 458 g/mol. The molecule has 0 fully saturated rings. The Kier molecular flexibility index (Phi) is 7.12. The van der Waals surface area contributed by atoms with Gasteiger partial charge in [-0.1, -0.05) is 29.8 Å². The summed E-state index contributed by atoms with van der Waals surface area (Å²) < 4.78 is 81.2. The van der Waals surface area contributed by atoms with Gasteiger partial charge in [-0.25, -0.2) is 17.2 Å². The van der Waals surface area contributed by atoms with E-state index in [1.54, 1.807) is 24.3 Å². The minimum Gasteiger partial charge on any atom is -0.266 e. The van der Waals surface area contributed by atoms with Gasteiger partial charge >= 0.3 is 0 Å². The molecule has 0 N–H and O–H groups in total. The van der Waals surface area contributed by atoms with E-state index in [0.717, 1.165) is 30.0 Å². The molecule has 0 radical (unpaired) electrons. The Bertz CT molecular complexity index is 1280. The fourth-order valence-electron chi connectivity index (χ4n) is 3.30. The van der Waals surface area contributed by atoms with Crippen molar-refractivity contribution in [1.82, 2.24) is 0 Å². The second-order valence-electron chi connectivity index (χ2n) is 7.47. The second-order valence-corrected chi connectivity index (χ2v) is 11.1. The molecular formula is C23H22F2O5S2. The van der Waals surface area contributed by atoms with Crippen LogP contribution >= 0.6 is 0 Å². The lowest BCUT2D eigenvalue weighted by atomic mass is 9.89. The average Bonchev–Trinajstić information content (AvgIpc) is 2.70. The molecule has 0 saturated carbocycles. The van der Waals surface area contributed by atoms with Crippen LogP contribution < -0.4 is 0 Å². The van der Waals surface area contributed by atoms with E-state index < -0.39 is 37.5 Å². The van der Waals surface area contributed by atoms with Gasteiger partial charge in [0.1, 0.15) is 11.6 Å². The normalized spacial score (nSPS) is 13.1. The van der Waals surface area contributed by atoms with E-state index in [4.69, 9.17) is 4.18 Å². The fourth-order valence-corrected chi connectivity index (χ4v) is 4.85. The lowest BCUT2D eigenvalue weighted by Gasteiger charge is -2.19. The van der Waals surface area contributed by atoms with Crippen molar-refractivity contribution in [2.24, 2.45) is 0 Å². The molecule has 9 heteroatoms. The molecule has 3 aromatic rings. The molecule has 0 spiro atoms. The second kappa shape index (κ2) is 9.48. The third kappa shape index (κ3) is 5.99. The zero-order valence-electron chi connectivity index (χ0n) is 17.5. The molecule has 3 aromatic carbocycles. The van der Waals surface area contributed by atoms with E-state index in [-0.39, 0.29) is 28.4 Å². The van der Waals surface area contributed by atoms with Gasteiger partial charge in [0.2, 0.25) is 0 Å². The Morgan fingerprint density at radius 1 is 0.781 bits per heavy atom. The monoisotopic (exact) mass is 480 g/mol. The molecule has 5 nitrogen and oxygen atoms in total. The first-order valence-corrected chi connectivity index (χ1v) is 13.0. The first-order valence-electron chi connectivity index (χ1n) is 9.68. The van der Waals surface area contributed by atoms with E-state index in [9.17, 15) is 25.6 Å². The summed E-state index contributed by atoms with van der Waals surface area (Å²) in [5.74, 6) is -2.17. The standard InChI is InChI=1S/C23H22F2O5S2/c1-16-3-7-22(8-4-16)32(28,29)30-12-11-23(18-13-19(24)15-20(25)14-18)17-5-9-21(10-6-17)31(2,26)27/h3-10,13-15,23H,11-12H2,1-2H3/t23-/m1/s1. The Labute approximate surface area is 186 Å². The van der Waals surface area contributed by atoms with Crippen LogP contribution in [-0.2, 0) is 24.1 Å². The van der Waals surface area contributed by atoms with Crippen molar-refractivity contribution in [3.63, 3.8) is 0 Å². The summed E-state index contributed by atoms with van der Waals surface area (Å²) in [7, 11) is -7.42. The zero-order valence-corrected chi connectivity index (χ0v) is 19.1. The number of halogens is 2. The number of aryl methyl sites for hydroxylation is 1. The molecule has 0 amide bonds. The third-order valence-electron chi connectivity index (χ3n) is 4.95. The Hall–Kier alpha value is -2.62. The van der Waals surface area contributed by atoms with Gasteiger partial charge in [-0.05, 0) is 60.9 Å². The van der Waals surface area contributed by atoms with Crippen molar-refractivity contribution in [2.75, 3.05) is 12.9 Å². The molecule has 0 aliphatic carbocycles. The van der Waals surface area contributed by atoms with E-state index in [1.165, 1.54) is 24.3 Å². The smallest absolute Gasteiger partial charge is 0.266 e. The van der Waals surface area contributed by atoms with Gasteiger partial charge in [0.05, 0.1) is 16.4 Å². The van der Waals surface area contributed by atoms with Gasteiger partial charge in [0, 0.05) is 18.2 Å². The maximum absolute atomic E-state index is 13.8. The van der Waals surface area contributed by atoms with Crippen LogP contribution in [0.2, 0.25) is 0 Å². The van der Waals surface area contributed by atoms with E-state index in [1.807, 2.05) is 6.92 Å². The van der Waals surface area contributed by atoms with Crippen molar-refractivity contribution in [2.45, 2.75) is 29.1 Å². The van der Waals surface area contributed by atoms with Crippen LogP contribution in [0.1, 0.15) is 29.0 Å². The highest BCUT2D eigenvalue weighted by atomic mass is 32.2. The largest absolute Gasteiger partial charge is 0.296 e. The summed E-state index contributed by atoms with van der Waals surface area (Å²) >= 11 is 0. The summed E-state index contributed by atoms with van der Waals surface area (Å²) in [6.45, 7) is 1.59. The molecule has 170 valence electrons. The number of hydrogen-bond acceptors (Lipinski definition) is 5. The zero-order chi connectivity index (χ0) is 23.5. The Balaban J connectivity index is 1.87. The van der Waals surface area contributed by atoms with Gasteiger partial charge in [-0.15, -0.1) is 0 Å². The van der Waals surface area contributed by atoms with Crippen molar-refractivity contribution in [3.8, 4) is 0 Å². The molecule has 0 aromatic heterocycles. The summed E-state index contributed by atoms with van der Waals surface area (Å²) in [6, 6.07) is 15.1. The maximum atomic E-state index is 13.8. The average molecular weight is 481 g/mol. The lowest BCUT2D eigenvalue weighted by molar-refractivity contribution is 0.305. The summed E-state index contributed by atoms with van der Waals surface area (Å²) in [6.07, 6.45) is 1.16. The third-order valence-corrected chi connectivity index (χ3v) is 7.41. The lowest BCUT2D eigenvalue weighted by Crippen LogP contribution is -2.12. The van der Waals surface area contributed by atoms with Crippen molar-refractivity contribution >= 4 is 20.0 Å². The predicted molar refractivity (Wildman–Crippen MR) is 117 cm³/mol. The molecule has 3 rings (SSSR count). The van der Waals surface area contributed by atoms with Gasteiger partial charge in [0.25, 0.3) is 10.1 Å². The fraction of sp³-hybridized carbons (Fsp3) is 0.217. The first kappa shape index (κ1) is 24.0. The molecule has 0 bridgehead atoms. The van der Waals surface area contributed by atoms with Gasteiger partial charge in [-0.3, -0.25) is 4.18 Å². The van der Waals surface area contributed by atoms with E-state index >= 15 is 0 Å². The van der Waals surface area contributed by atoms with E-state index in [2.05, 4.69) is 0 Å². The molecule has 0 heterocycles. The minimum absolute atomic E-state index is 0.00829. The minimum atomic E-state index is -4.01. The van der Waals surface area contributed by atoms with Crippen molar-refractivity contribution < 1.29 is 29.8 Å². The molecule has 0 aliphatic heterocycles. The number of hydrogen-bond donors (Lipinski definition) is 0. The van der Waals surface area contributed by atoms with Gasteiger partial charge < -0.3 is 0 Å². The van der Waals surface area contributed by atoms with Gasteiger partial charge in [0.15, 0.2) is 9.84 Å². The highest BCUT2D eigenvalue weighted by Crippen LogP contribution is 2.30. The van der Waals surface area contributed by atoms with Gasteiger partial charge in [-0.2, -0.15) is 8.42 Å². The Morgan fingerprint density at radius 3 is 1.84 bits per heavy atom. The van der Waals surface area contributed by atoms with Crippen LogP contribution in [0.5, 0.6) is 0 Å². The molecule has 0 saturated heterocycles. The summed E-state index contributed by atoms with van der Waals surface area (Å²) in [5, 5.41) is 0. The number of rotatable bonds is 8. The topological polar surface area (TPSA) is 77.5 Å². The van der Waals surface area contributed by atoms with Crippen LogP contribution in [0.3, 0.4) is 0 Å². The number of sulfone groups is 1. The first-order chi connectivity index (χ1) is 15.0. The van der Waals surface area contributed by atoms with Crippen LogP contribution in [0.4, 0.5) is 8.78 Å². The molecule has 0 unspecified atom stereocenters. The summed E-state index contributed by atoms with van der Waals surface area (Å²) in [5.41, 5.74) is 1.75. The quantitative estimate of drug-likeness (QED) is 0.440. The summed E-state index contributed by atoms with van der Waals surface area (Å²) in [4.78, 5) is 0.109.